The molecule has 0 amide bonds. The summed E-state index contributed by atoms with van der Waals surface area (Å²) < 4.78 is 38.0. The Morgan fingerprint density at radius 2 is 2.00 bits per heavy atom. The average Bonchev–Trinajstić information content (AvgIpc) is 2.09. The minimum Gasteiger partial charge on any atom is -0.212 e. The Labute approximate surface area is 97.1 Å². The Morgan fingerprint density at radius 1 is 1.40 bits per heavy atom. The van der Waals surface area contributed by atoms with Crippen LogP contribution < -0.4 is 0 Å². The fourth-order valence-corrected chi connectivity index (χ4v) is 2.18. The second-order valence-electron chi connectivity index (χ2n) is 3.27. The van der Waals surface area contributed by atoms with Crippen LogP contribution in [0.4, 0.5) is 4.39 Å². The Bertz CT molecular complexity index is 459. The lowest BCUT2D eigenvalue weighted by Gasteiger charge is -2.11. The van der Waals surface area contributed by atoms with Crippen molar-refractivity contribution in [1.82, 2.24) is 4.31 Å². The van der Waals surface area contributed by atoms with Crippen molar-refractivity contribution in [2.75, 3.05) is 14.1 Å². The van der Waals surface area contributed by atoms with E-state index in [2.05, 4.69) is 15.9 Å². The summed E-state index contributed by atoms with van der Waals surface area (Å²) in [4.78, 5) is 0. The van der Waals surface area contributed by atoms with E-state index in [9.17, 15) is 12.8 Å². The zero-order valence-electron chi connectivity index (χ0n) is 8.37. The van der Waals surface area contributed by atoms with Gasteiger partial charge in [-0.25, -0.2) is 17.1 Å². The highest BCUT2D eigenvalue weighted by Gasteiger charge is 2.16. The van der Waals surface area contributed by atoms with Gasteiger partial charge in [0.1, 0.15) is 5.82 Å². The summed E-state index contributed by atoms with van der Waals surface area (Å²) in [5, 5.41) is 0. The van der Waals surface area contributed by atoms with Crippen LogP contribution in [-0.4, -0.2) is 26.8 Å². The molecule has 0 radical (unpaired) electrons. The summed E-state index contributed by atoms with van der Waals surface area (Å²) in [6.45, 7) is 0. The van der Waals surface area contributed by atoms with E-state index in [0.717, 1.165) is 4.31 Å². The van der Waals surface area contributed by atoms with Crippen LogP contribution in [0.5, 0.6) is 0 Å². The third-order valence-electron chi connectivity index (χ3n) is 1.91. The average molecular weight is 296 g/mol. The maximum atomic E-state index is 13.3. The van der Waals surface area contributed by atoms with Crippen molar-refractivity contribution in [3.05, 3.63) is 34.1 Å². The molecule has 0 N–H and O–H groups in total. The van der Waals surface area contributed by atoms with Gasteiger partial charge in [-0.2, -0.15) is 0 Å². The molecule has 0 aliphatic heterocycles. The van der Waals surface area contributed by atoms with Crippen LogP contribution in [0.25, 0.3) is 0 Å². The van der Waals surface area contributed by atoms with Crippen molar-refractivity contribution in [2.24, 2.45) is 0 Å². The van der Waals surface area contributed by atoms with E-state index in [0.29, 0.717) is 4.47 Å². The maximum Gasteiger partial charge on any atom is 0.217 e. The molecule has 0 aromatic heterocycles. The van der Waals surface area contributed by atoms with Crippen LogP contribution >= 0.6 is 15.9 Å². The van der Waals surface area contributed by atoms with Crippen LogP contribution in [0.3, 0.4) is 0 Å². The van der Waals surface area contributed by atoms with Crippen LogP contribution in [0.15, 0.2) is 22.7 Å². The van der Waals surface area contributed by atoms with E-state index in [4.69, 9.17) is 0 Å². The molecule has 1 aromatic carbocycles. The van der Waals surface area contributed by atoms with Gasteiger partial charge >= 0.3 is 0 Å². The summed E-state index contributed by atoms with van der Waals surface area (Å²) in [5.41, 5.74) is 0.173. The fourth-order valence-electron chi connectivity index (χ4n) is 0.964. The van der Waals surface area contributed by atoms with Gasteiger partial charge in [0.15, 0.2) is 0 Å². The van der Waals surface area contributed by atoms with Crippen molar-refractivity contribution >= 4 is 26.0 Å². The van der Waals surface area contributed by atoms with Crippen LogP contribution in [0.2, 0.25) is 0 Å². The van der Waals surface area contributed by atoms with Crippen molar-refractivity contribution in [2.45, 2.75) is 5.75 Å². The van der Waals surface area contributed by atoms with Crippen molar-refractivity contribution < 1.29 is 12.8 Å². The number of halogens is 2. The normalized spacial score (nSPS) is 12.1. The van der Waals surface area contributed by atoms with Gasteiger partial charge in [0.25, 0.3) is 0 Å². The highest BCUT2D eigenvalue weighted by molar-refractivity contribution is 9.10. The van der Waals surface area contributed by atoms with Gasteiger partial charge in [-0.1, -0.05) is 22.0 Å². The van der Waals surface area contributed by atoms with Gasteiger partial charge < -0.3 is 0 Å². The number of nitrogens with zero attached hydrogens (tertiary/aromatic N) is 1. The first-order chi connectivity index (χ1) is 6.83. The number of sulfonamides is 1. The van der Waals surface area contributed by atoms with Gasteiger partial charge in [0.05, 0.1) is 5.75 Å². The smallest absolute Gasteiger partial charge is 0.212 e. The minimum atomic E-state index is -3.41. The lowest BCUT2D eigenvalue weighted by atomic mass is 10.2. The van der Waals surface area contributed by atoms with E-state index in [1.165, 1.54) is 26.2 Å². The molecular formula is C9H11BrFNO2S. The molecular weight excluding hydrogens is 285 g/mol. The maximum absolute atomic E-state index is 13.3. The molecule has 0 aliphatic rings. The Hall–Kier alpha value is -0.460. The summed E-state index contributed by atoms with van der Waals surface area (Å²) in [6, 6.07) is 4.32. The van der Waals surface area contributed by atoms with E-state index >= 15 is 0 Å². The molecule has 0 aliphatic carbocycles. The summed E-state index contributed by atoms with van der Waals surface area (Å²) in [6.07, 6.45) is 0. The number of rotatable bonds is 3. The van der Waals surface area contributed by atoms with Crippen LogP contribution in [0, 0.1) is 5.82 Å². The monoisotopic (exact) mass is 295 g/mol. The zero-order valence-corrected chi connectivity index (χ0v) is 10.8. The molecule has 1 rings (SSSR count). The van der Waals surface area contributed by atoms with Crippen molar-refractivity contribution in [3.8, 4) is 0 Å². The summed E-state index contributed by atoms with van der Waals surface area (Å²) in [5.74, 6) is -0.839. The molecule has 84 valence electrons. The quantitative estimate of drug-likeness (QED) is 0.855. The molecule has 15 heavy (non-hydrogen) atoms. The Balaban J connectivity index is 3.01. The molecule has 0 spiro atoms. The second kappa shape index (κ2) is 4.59. The molecule has 0 atom stereocenters. The first-order valence-electron chi connectivity index (χ1n) is 4.17. The fraction of sp³-hybridized carbons (Fsp3) is 0.333. The van der Waals surface area contributed by atoms with E-state index in [-0.39, 0.29) is 11.3 Å². The predicted molar refractivity (Wildman–Crippen MR) is 60.4 cm³/mol. The molecule has 0 saturated carbocycles. The molecule has 0 unspecified atom stereocenters. The zero-order chi connectivity index (χ0) is 11.6. The Kier molecular flexibility index (Phi) is 3.86. The highest BCUT2D eigenvalue weighted by atomic mass is 79.9. The topological polar surface area (TPSA) is 37.4 Å². The molecule has 6 heteroatoms. The van der Waals surface area contributed by atoms with Crippen molar-refractivity contribution in [1.29, 1.82) is 0 Å². The van der Waals surface area contributed by atoms with E-state index < -0.39 is 15.8 Å². The first-order valence-corrected chi connectivity index (χ1v) is 6.57. The molecule has 1 aromatic rings. The molecule has 0 bridgehead atoms. The van der Waals surface area contributed by atoms with Crippen LogP contribution in [0.1, 0.15) is 5.56 Å². The highest BCUT2D eigenvalue weighted by Crippen LogP contribution is 2.17. The third kappa shape index (κ3) is 3.25. The number of hydrogen-bond acceptors (Lipinski definition) is 2. The third-order valence-corrected chi connectivity index (χ3v) is 4.19. The largest absolute Gasteiger partial charge is 0.217 e. The predicted octanol–water partition coefficient (Wildman–Crippen LogP) is 1.98. The molecule has 0 heterocycles. The van der Waals surface area contributed by atoms with Gasteiger partial charge in [0.2, 0.25) is 10.0 Å². The summed E-state index contributed by atoms with van der Waals surface area (Å²) >= 11 is 3.10. The van der Waals surface area contributed by atoms with E-state index in [1.807, 2.05) is 0 Å². The van der Waals surface area contributed by atoms with Crippen LogP contribution in [-0.2, 0) is 15.8 Å². The Morgan fingerprint density at radius 3 is 2.47 bits per heavy atom. The number of hydrogen-bond donors (Lipinski definition) is 0. The first kappa shape index (κ1) is 12.6. The van der Waals surface area contributed by atoms with Gasteiger partial charge in [0, 0.05) is 24.1 Å². The minimum absolute atomic E-state index is 0.173. The van der Waals surface area contributed by atoms with Gasteiger partial charge in [-0.3, -0.25) is 0 Å². The molecule has 0 fully saturated rings. The van der Waals surface area contributed by atoms with E-state index in [1.54, 1.807) is 6.07 Å². The number of benzene rings is 1. The summed E-state index contributed by atoms with van der Waals surface area (Å²) in [7, 11) is -0.563. The molecule has 0 saturated heterocycles. The lowest BCUT2D eigenvalue weighted by molar-refractivity contribution is 0.517. The lowest BCUT2D eigenvalue weighted by Crippen LogP contribution is -2.24. The SMILES string of the molecule is CN(C)S(=O)(=O)Cc1ccc(Br)cc1F. The van der Waals surface area contributed by atoms with Gasteiger partial charge in [-0.15, -0.1) is 0 Å². The molecule has 3 nitrogen and oxygen atoms in total. The van der Waals surface area contributed by atoms with Gasteiger partial charge in [-0.05, 0) is 12.1 Å². The van der Waals surface area contributed by atoms with Crippen molar-refractivity contribution in [3.63, 3.8) is 0 Å². The second-order valence-corrected chi connectivity index (χ2v) is 6.37. The standard InChI is InChI=1S/C9H11BrFNO2S/c1-12(2)15(13,14)6-7-3-4-8(10)5-9(7)11/h3-5H,6H2,1-2H3.